The van der Waals surface area contributed by atoms with Crippen LogP contribution in [0.1, 0.15) is 245 Å². The zero-order chi connectivity index (χ0) is 29.6. The molecule has 1 nitrogen and oxygen atoms in total. The van der Waals surface area contributed by atoms with Crippen molar-refractivity contribution < 1.29 is 4.74 Å². The number of unbranched alkanes of at least 4 members (excludes halogenated alkanes) is 34. The fraction of sp³-hybridized carbons (Fsp3) is 0.975. The van der Waals surface area contributed by atoms with Gasteiger partial charge in [-0.3, -0.25) is 0 Å². The summed E-state index contributed by atoms with van der Waals surface area (Å²) in [5.74, 6) is 0. The molecule has 0 rings (SSSR count). The Labute approximate surface area is 262 Å². The molecule has 0 aliphatic carbocycles. The SMILES string of the molecule is CCCCCCCCCCCCCCCCCCCCCCCCCCC[CH]OCCCCCCCCCCCC. The molecule has 0 saturated heterocycles. The van der Waals surface area contributed by atoms with E-state index in [1.807, 2.05) is 0 Å². The van der Waals surface area contributed by atoms with Gasteiger partial charge in [0.2, 0.25) is 0 Å². The predicted octanol–water partition coefficient (Wildman–Crippen LogP) is 15.2. The van der Waals surface area contributed by atoms with E-state index in [0.29, 0.717) is 0 Å². The smallest absolute Gasteiger partial charge is 0.0836 e. The van der Waals surface area contributed by atoms with Crippen LogP contribution in [0.3, 0.4) is 0 Å². The lowest BCUT2D eigenvalue weighted by atomic mass is 10.0. The second-order valence-electron chi connectivity index (χ2n) is 13.5. The van der Waals surface area contributed by atoms with Gasteiger partial charge in [0.05, 0.1) is 6.61 Å². The molecule has 0 aliphatic rings. The van der Waals surface area contributed by atoms with Gasteiger partial charge >= 0.3 is 0 Å². The summed E-state index contributed by atoms with van der Waals surface area (Å²) in [7, 11) is 0. The van der Waals surface area contributed by atoms with Crippen LogP contribution in [0.15, 0.2) is 0 Å². The van der Waals surface area contributed by atoms with Crippen molar-refractivity contribution in [2.45, 2.75) is 245 Å². The van der Waals surface area contributed by atoms with Crippen LogP contribution in [0.2, 0.25) is 0 Å². The second-order valence-corrected chi connectivity index (χ2v) is 13.5. The average molecular weight is 578 g/mol. The molecule has 0 saturated carbocycles. The Hall–Kier alpha value is -0.0400. The Morgan fingerprint density at radius 2 is 0.488 bits per heavy atom. The van der Waals surface area contributed by atoms with Gasteiger partial charge in [0.25, 0.3) is 0 Å². The normalized spacial score (nSPS) is 11.6. The topological polar surface area (TPSA) is 9.23 Å². The monoisotopic (exact) mass is 578 g/mol. The lowest BCUT2D eigenvalue weighted by molar-refractivity contribution is 0.183. The predicted molar refractivity (Wildman–Crippen MR) is 188 cm³/mol. The molecule has 0 aromatic rings. The van der Waals surface area contributed by atoms with E-state index < -0.39 is 0 Å². The van der Waals surface area contributed by atoms with E-state index in [-0.39, 0.29) is 0 Å². The highest BCUT2D eigenvalue weighted by molar-refractivity contribution is 4.55. The third-order valence-corrected chi connectivity index (χ3v) is 9.16. The van der Waals surface area contributed by atoms with Gasteiger partial charge in [-0.25, -0.2) is 0 Å². The van der Waals surface area contributed by atoms with Crippen molar-refractivity contribution >= 4 is 0 Å². The third kappa shape index (κ3) is 40.0. The van der Waals surface area contributed by atoms with Crippen molar-refractivity contribution in [3.8, 4) is 0 Å². The van der Waals surface area contributed by atoms with Gasteiger partial charge in [0.15, 0.2) is 0 Å². The van der Waals surface area contributed by atoms with E-state index in [1.54, 1.807) is 0 Å². The highest BCUT2D eigenvalue weighted by Gasteiger charge is 1.97. The summed E-state index contributed by atoms with van der Waals surface area (Å²) in [5, 5.41) is 0. The maximum atomic E-state index is 5.74. The van der Waals surface area contributed by atoms with Crippen LogP contribution in [0.5, 0.6) is 0 Å². The fourth-order valence-corrected chi connectivity index (χ4v) is 6.21. The largest absolute Gasteiger partial charge is 0.376 e. The van der Waals surface area contributed by atoms with Crippen LogP contribution in [-0.2, 0) is 4.74 Å². The molecule has 0 bridgehead atoms. The zero-order valence-electron chi connectivity index (χ0n) is 29.1. The summed E-state index contributed by atoms with van der Waals surface area (Å²) >= 11 is 0. The van der Waals surface area contributed by atoms with E-state index in [9.17, 15) is 0 Å². The molecule has 0 aromatic carbocycles. The van der Waals surface area contributed by atoms with Crippen molar-refractivity contribution in [3.63, 3.8) is 0 Å². The molecule has 247 valence electrons. The molecule has 0 N–H and O–H groups in total. The Morgan fingerprint density at radius 3 is 0.756 bits per heavy atom. The van der Waals surface area contributed by atoms with Crippen molar-refractivity contribution in [3.05, 3.63) is 6.61 Å². The maximum absolute atomic E-state index is 5.74. The van der Waals surface area contributed by atoms with Gasteiger partial charge in [-0.05, 0) is 12.8 Å². The molecule has 0 fully saturated rings. The molecule has 0 spiro atoms. The van der Waals surface area contributed by atoms with E-state index >= 15 is 0 Å². The summed E-state index contributed by atoms with van der Waals surface area (Å²) in [4.78, 5) is 0. The summed E-state index contributed by atoms with van der Waals surface area (Å²) in [6.45, 7) is 7.63. The van der Waals surface area contributed by atoms with Crippen LogP contribution >= 0.6 is 0 Å². The molecule has 0 unspecified atom stereocenters. The summed E-state index contributed by atoms with van der Waals surface area (Å²) in [6, 6.07) is 0. The molecule has 0 atom stereocenters. The van der Waals surface area contributed by atoms with Crippen molar-refractivity contribution in [2.24, 2.45) is 0 Å². The lowest BCUT2D eigenvalue weighted by Crippen LogP contribution is -1.92. The van der Waals surface area contributed by atoms with E-state index in [0.717, 1.165) is 13.0 Å². The number of hydrogen-bond donors (Lipinski definition) is 0. The van der Waals surface area contributed by atoms with Crippen LogP contribution in [0, 0.1) is 6.61 Å². The molecular weight excluding hydrogens is 496 g/mol. The molecule has 1 heteroatoms. The van der Waals surface area contributed by atoms with Gasteiger partial charge in [-0.15, -0.1) is 0 Å². The number of ether oxygens (including phenoxy) is 1. The van der Waals surface area contributed by atoms with Crippen molar-refractivity contribution in [1.29, 1.82) is 0 Å². The van der Waals surface area contributed by atoms with Gasteiger partial charge in [0, 0.05) is 6.61 Å². The standard InChI is InChI=1S/C40H81O/c1-3-5-7-9-11-13-15-16-17-18-19-20-21-22-23-24-25-26-27-28-29-30-32-34-36-38-40-41-39-37-35-33-31-14-12-10-8-6-4-2/h40H,3-39H2,1-2H3. The molecular formula is C40H81O. The summed E-state index contributed by atoms with van der Waals surface area (Å²) in [6.07, 6.45) is 51.6. The zero-order valence-corrected chi connectivity index (χ0v) is 29.1. The Morgan fingerprint density at radius 1 is 0.268 bits per heavy atom. The Bertz CT molecular complexity index is 381. The molecule has 0 aliphatic heterocycles. The van der Waals surface area contributed by atoms with Crippen molar-refractivity contribution in [2.75, 3.05) is 6.61 Å². The summed E-state index contributed by atoms with van der Waals surface area (Å²) < 4.78 is 5.74. The minimum atomic E-state index is 0.940. The molecule has 0 heterocycles. The number of rotatable bonds is 38. The highest BCUT2D eigenvalue weighted by atomic mass is 16.5. The van der Waals surface area contributed by atoms with Crippen molar-refractivity contribution in [1.82, 2.24) is 0 Å². The summed E-state index contributed by atoms with van der Waals surface area (Å²) in [5.41, 5.74) is 0. The first-order valence-electron chi connectivity index (χ1n) is 19.8. The minimum absolute atomic E-state index is 0.940. The second kappa shape index (κ2) is 40.0. The first-order chi connectivity index (χ1) is 20.4. The molecule has 0 aromatic heterocycles. The third-order valence-electron chi connectivity index (χ3n) is 9.16. The van der Waals surface area contributed by atoms with Crippen LogP contribution in [0.25, 0.3) is 0 Å². The van der Waals surface area contributed by atoms with Gasteiger partial charge in [-0.1, -0.05) is 232 Å². The van der Waals surface area contributed by atoms with E-state index in [4.69, 9.17) is 4.74 Å². The van der Waals surface area contributed by atoms with E-state index in [1.165, 1.54) is 225 Å². The van der Waals surface area contributed by atoms with Gasteiger partial charge < -0.3 is 4.74 Å². The quantitative estimate of drug-likeness (QED) is 0.0663. The van der Waals surface area contributed by atoms with Gasteiger partial charge in [-0.2, -0.15) is 0 Å². The first-order valence-corrected chi connectivity index (χ1v) is 19.8. The highest BCUT2D eigenvalue weighted by Crippen LogP contribution is 2.16. The Kier molecular flexibility index (Phi) is 39.9. The van der Waals surface area contributed by atoms with Gasteiger partial charge in [0.1, 0.15) is 0 Å². The van der Waals surface area contributed by atoms with Crippen LogP contribution in [-0.4, -0.2) is 6.61 Å². The molecule has 0 amide bonds. The first kappa shape index (κ1) is 41.0. The van der Waals surface area contributed by atoms with Crippen LogP contribution in [0.4, 0.5) is 0 Å². The Balaban J connectivity index is 3.02. The van der Waals surface area contributed by atoms with E-state index in [2.05, 4.69) is 20.5 Å². The lowest BCUT2D eigenvalue weighted by Gasteiger charge is -2.05. The maximum Gasteiger partial charge on any atom is 0.0836 e. The minimum Gasteiger partial charge on any atom is -0.376 e. The fourth-order valence-electron chi connectivity index (χ4n) is 6.21. The van der Waals surface area contributed by atoms with Crippen LogP contribution < -0.4 is 0 Å². The number of hydrogen-bond acceptors (Lipinski definition) is 1. The average Bonchev–Trinajstić information content (AvgIpc) is 2.98. The molecule has 41 heavy (non-hydrogen) atoms. The molecule has 1 radical (unpaired) electrons.